The predicted octanol–water partition coefficient (Wildman–Crippen LogP) is 2.21. The van der Waals surface area contributed by atoms with E-state index in [0.29, 0.717) is 12.2 Å². The summed E-state index contributed by atoms with van der Waals surface area (Å²) in [7, 11) is 0. The number of ether oxygens (including phenoxy) is 1. The van der Waals surface area contributed by atoms with Crippen LogP contribution in [-0.4, -0.2) is 31.6 Å². The molecule has 1 atom stereocenters. The molecule has 1 saturated heterocycles. The molecule has 3 heteroatoms. The van der Waals surface area contributed by atoms with Crippen molar-refractivity contribution in [2.24, 2.45) is 0 Å². The molecule has 1 N–H and O–H groups in total. The molecule has 1 heterocycles. The largest absolute Gasteiger partial charge is 0.375 e. The molecule has 2 aliphatic rings. The first-order chi connectivity index (χ1) is 8.36. The van der Waals surface area contributed by atoms with Crippen molar-refractivity contribution in [3.05, 3.63) is 11.6 Å². The smallest absolute Gasteiger partial charge is 0.161 e. The molecule has 0 aromatic heterocycles. The number of morpholine rings is 1. The monoisotopic (exact) mass is 237 g/mol. The van der Waals surface area contributed by atoms with Gasteiger partial charge in [0.05, 0.1) is 12.7 Å². The maximum absolute atomic E-state index is 12.2. The lowest BCUT2D eigenvalue weighted by Crippen LogP contribution is -2.39. The first-order valence-electron chi connectivity index (χ1n) is 6.91. The van der Waals surface area contributed by atoms with E-state index in [2.05, 4.69) is 11.4 Å². The summed E-state index contributed by atoms with van der Waals surface area (Å²) in [5.41, 5.74) is 1.05. The van der Waals surface area contributed by atoms with Crippen LogP contribution in [0, 0.1) is 0 Å². The summed E-state index contributed by atoms with van der Waals surface area (Å²) < 4.78 is 5.58. The SMILES string of the molecule is O=C(CC1CNCCO1)C1=CCCCCCC1. The highest BCUT2D eigenvalue weighted by molar-refractivity contribution is 5.95. The van der Waals surface area contributed by atoms with E-state index in [0.717, 1.165) is 38.1 Å². The molecular weight excluding hydrogens is 214 g/mol. The van der Waals surface area contributed by atoms with Crippen LogP contribution >= 0.6 is 0 Å². The number of carbonyl (C=O) groups excluding carboxylic acids is 1. The van der Waals surface area contributed by atoms with Crippen molar-refractivity contribution >= 4 is 5.78 Å². The maximum atomic E-state index is 12.2. The van der Waals surface area contributed by atoms with Crippen molar-refractivity contribution < 1.29 is 9.53 Å². The van der Waals surface area contributed by atoms with E-state index in [4.69, 9.17) is 4.74 Å². The van der Waals surface area contributed by atoms with Gasteiger partial charge in [-0.05, 0) is 31.3 Å². The van der Waals surface area contributed by atoms with E-state index in [1.807, 2.05) is 0 Å². The van der Waals surface area contributed by atoms with Gasteiger partial charge in [-0.15, -0.1) is 0 Å². The van der Waals surface area contributed by atoms with Gasteiger partial charge in [0.2, 0.25) is 0 Å². The van der Waals surface area contributed by atoms with E-state index in [1.165, 1.54) is 25.7 Å². The fraction of sp³-hybridized carbons (Fsp3) is 0.786. The summed E-state index contributed by atoms with van der Waals surface area (Å²) in [6, 6.07) is 0. The standard InChI is InChI=1S/C14H23NO2/c16-14(10-13-11-15-8-9-17-13)12-6-4-2-1-3-5-7-12/h6,13,15H,1-5,7-11H2. The molecule has 0 radical (unpaired) electrons. The van der Waals surface area contributed by atoms with Gasteiger partial charge in [0.15, 0.2) is 5.78 Å². The van der Waals surface area contributed by atoms with Crippen molar-refractivity contribution in [1.82, 2.24) is 5.32 Å². The first-order valence-corrected chi connectivity index (χ1v) is 6.91. The van der Waals surface area contributed by atoms with Crippen molar-refractivity contribution in [1.29, 1.82) is 0 Å². The number of ketones is 1. The quantitative estimate of drug-likeness (QED) is 0.818. The molecule has 1 aliphatic heterocycles. The Hall–Kier alpha value is -0.670. The fourth-order valence-corrected chi connectivity index (χ4v) is 2.53. The number of Topliss-reactive ketones (excluding diaryl/α,β-unsaturated/α-hetero) is 1. The van der Waals surface area contributed by atoms with Crippen LogP contribution in [0.2, 0.25) is 0 Å². The number of hydrogen-bond acceptors (Lipinski definition) is 3. The molecule has 0 bridgehead atoms. The van der Waals surface area contributed by atoms with Crippen LogP contribution in [0.25, 0.3) is 0 Å². The Kier molecular flexibility index (Phi) is 5.20. The molecule has 0 aromatic rings. The van der Waals surface area contributed by atoms with Crippen molar-refractivity contribution in [2.75, 3.05) is 19.7 Å². The molecule has 96 valence electrons. The lowest BCUT2D eigenvalue weighted by atomic mass is 9.95. The summed E-state index contributed by atoms with van der Waals surface area (Å²) in [6.07, 6.45) is 9.84. The second-order valence-corrected chi connectivity index (χ2v) is 5.01. The zero-order valence-electron chi connectivity index (χ0n) is 10.5. The summed E-state index contributed by atoms with van der Waals surface area (Å²) in [5, 5.41) is 3.27. The van der Waals surface area contributed by atoms with Gasteiger partial charge in [0, 0.05) is 19.5 Å². The Morgan fingerprint density at radius 1 is 1.35 bits per heavy atom. The normalized spacial score (nSPS) is 26.8. The van der Waals surface area contributed by atoms with E-state index >= 15 is 0 Å². The third kappa shape index (κ3) is 4.25. The van der Waals surface area contributed by atoms with Crippen LogP contribution < -0.4 is 5.32 Å². The van der Waals surface area contributed by atoms with Crippen LogP contribution in [0.15, 0.2) is 11.6 Å². The van der Waals surface area contributed by atoms with Crippen LogP contribution in [0.5, 0.6) is 0 Å². The third-order valence-corrected chi connectivity index (χ3v) is 3.57. The van der Waals surface area contributed by atoms with E-state index in [1.54, 1.807) is 0 Å². The highest BCUT2D eigenvalue weighted by Crippen LogP contribution is 2.19. The zero-order chi connectivity index (χ0) is 11.9. The van der Waals surface area contributed by atoms with Gasteiger partial charge >= 0.3 is 0 Å². The van der Waals surface area contributed by atoms with Gasteiger partial charge in [0.25, 0.3) is 0 Å². The average molecular weight is 237 g/mol. The topological polar surface area (TPSA) is 38.3 Å². The van der Waals surface area contributed by atoms with Gasteiger partial charge < -0.3 is 10.1 Å². The molecule has 1 aliphatic carbocycles. The molecule has 0 saturated carbocycles. The maximum Gasteiger partial charge on any atom is 0.161 e. The second-order valence-electron chi connectivity index (χ2n) is 5.01. The number of allylic oxidation sites excluding steroid dienone is 2. The van der Waals surface area contributed by atoms with Gasteiger partial charge in [-0.3, -0.25) is 4.79 Å². The Balaban J connectivity index is 1.84. The van der Waals surface area contributed by atoms with Gasteiger partial charge in [0.1, 0.15) is 0 Å². The third-order valence-electron chi connectivity index (χ3n) is 3.57. The Labute approximate surface area is 104 Å². The lowest BCUT2D eigenvalue weighted by Gasteiger charge is -2.23. The van der Waals surface area contributed by atoms with Crippen molar-refractivity contribution in [2.45, 2.75) is 51.0 Å². The first kappa shape index (κ1) is 12.8. The summed E-state index contributed by atoms with van der Waals surface area (Å²) in [5.74, 6) is 0.306. The second kappa shape index (κ2) is 6.92. The van der Waals surface area contributed by atoms with Crippen molar-refractivity contribution in [3.8, 4) is 0 Å². The highest BCUT2D eigenvalue weighted by Gasteiger charge is 2.19. The van der Waals surface area contributed by atoms with Crippen LogP contribution in [0.4, 0.5) is 0 Å². The molecule has 1 unspecified atom stereocenters. The van der Waals surface area contributed by atoms with E-state index < -0.39 is 0 Å². The Morgan fingerprint density at radius 3 is 3.06 bits per heavy atom. The molecular formula is C14H23NO2. The Morgan fingerprint density at radius 2 is 2.24 bits per heavy atom. The predicted molar refractivity (Wildman–Crippen MR) is 68.0 cm³/mol. The van der Waals surface area contributed by atoms with Crippen LogP contribution in [0.1, 0.15) is 44.9 Å². The molecule has 3 nitrogen and oxygen atoms in total. The van der Waals surface area contributed by atoms with Crippen molar-refractivity contribution in [3.63, 3.8) is 0 Å². The molecule has 2 rings (SSSR count). The summed E-state index contributed by atoms with van der Waals surface area (Å²) >= 11 is 0. The number of carbonyl (C=O) groups is 1. The van der Waals surface area contributed by atoms with Crippen LogP contribution in [0.3, 0.4) is 0 Å². The molecule has 1 fully saturated rings. The molecule has 0 aromatic carbocycles. The number of nitrogens with one attached hydrogen (secondary N) is 1. The van der Waals surface area contributed by atoms with Crippen LogP contribution in [-0.2, 0) is 9.53 Å². The minimum atomic E-state index is 0.0857. The number of hydrogen-bond donors (Lipinski definition) is 1. The molecule has 17 heavy (non-hydrogen) atoms. The van der Waals surface area contributed by atoms with E-state index in [-0.39, 0.29) is 6.10 Å². The fourth-order valence-electron chi connectivity index (χ4n) is 2.53. The number of rotatable bonds is 3. The molecule has 0 spiro atoms. The summed E-state index contributed by atoms with van der Waals surface area (Å²) in [4.78, 5) is 12.2. The van der Waals surface area contributed by atoms with Gasteiger partial charge in [-0.2, -0.15) is 0 Å². The minimum absolute atomic E-state index is 0.0857. The van der Waals surface area contributed by atoms with E-state index in [9.17, 15) is 4.79 Å². The molecule has 0 amide bonds. The minimum Gasteiger partial charge on any atom is -0.375 e. The average Bonchev–Trinajstić information content (AvgIpc) is 2.29. The Bertz CT molecular complexity index is 280. The van der Waals surface area contributed by atoms with Gasteiger partial charge in [-0.1, -0.05) is 18.9 Å². The highest BCUT2D eigenvalue weighted by atomic mass is 16.5. The zero-order valence-corrected chi connectivity index (χ0v) is 10.5. The van der Waals surface area contributed by atoms with Gasteiger partial charge in [-0.25, -0.2) is 0 Å². The summed E-state index contributed by atoms with van der Waals surface area (Å²) in [6.45, 7) is 2.46. The lowest BCUT2D eigenvalue weighted by molar-refractivity contribution is -0.119.